The lowest BCUT2D eigenvalue weighted by Crippen LogP contribution is -2.10. The molecule has 0 saturated carbocycles. The molecule has 1 aliphatic heterocycles. The topological polar surface area (TPSA) is 48.2 Å². The van der Waals surface area contributed by atoms with Crippen LogP contribution in [0.3, 0.4) is 0 Å². The molecule has 0 unspecified atom stereocenters. The Morgan fingerprint density at radius 2 is 1.27 bits per heavy atom. The van der Waals surface area contributed by atoms with Crippen molar-refractivity contribution >= 4 is 22.6 Å². The van der Waals surface area contributed by atoms with Crippen molar-refractivity contribution in [1.82, 2.24) is 5.32 Å². The molecule has 0 spiro atoms. The van der Waals surface area contributed by atoms with E-state index in [0.29, 0.717) is 11.1 Å². The molecule has 2 aromatic rings. The third-order valence-electron chi connectivity index (χ3n) is 2.55. The van der Waals surface area contributed by atoms with Crippen molar-refractivity contribution in [1.29, 1.82) is 0 Å². The van der Waals surface area contributed by atoms with Gasteiger partial charge < -0.3 is 0 Å². The van der Waals surface area contributed by atoms with E-state index in [2.05, 4.69) is 5.32 Å². The van der Waals surface area contributed by atoms with E-state index in [1.165, 1.54) is 0 Å². The lowest BCUT2D eigenvalue weighted by atomic mass is 10.0. The van der Waals surface area contributed by atoms with Crippen LogP contribution in [-0.4, -0.2) is 11.8 Å². The predicted octanol–water partition coefficient (Wildman–Crippen LogP) is 1.74. The molecule has 1 heterocycles. The molecule has 1 radical (unpaired) electrons. The van der Waals surface area contributed by atoms with Crippen molar-refractivity contribution in [2.24, 2.45) is 0 Å². The Balaban J connectivity index is 2.41. The zero-order chi connectivity index (χ0) is 10.4. The highest BCUT2D eigenvalue weighted by molar-refractivity contribution is 6.22. The van der Waals surface area contributed by atoms with E-state index in [-0.39, 0.29) is 0 Å². The first kappa shape index (κ1) is 8.17. The molecule has 0 aromatic heterocycles. The molecule has 2 aromatic carbocycles. The minimum atomic E-state index is -0.430. The highest BCUT2D eigenvalue weighted by atomic mass is 16.2. The summed E-state index contributed by atoms with van der Waals surface area (Å²) in [6, 6.07) is 11.1. The van der Waals surface area contributed by atoms with Gasteiger partial charge in [-0.1, -0.05) is 24.3 Å². The van der Waals surface area contributed by atoms with Crippen LogP contribution in [0.5, 0.6) is 0 Å². The number of amides is 2. The smallest absolute Gasteiger partial charge is 0.267 e. The van der Waals surface area contributed by atoms with Crippen LogP contribution in [0.4, 0.5) is 0 Å². The summed E-state index contributed by atoms with van der Waals surface area (Å²) in [6.07, 6.45) is 0. The Labute approximate surface area is 85.7 Å². The summed E-state index contributed by atoms with van der Waals surface area (Å²) in [6.45, 7) is 0. The molecule has 3 rings (SSSR count). The quantitative estimate of drug-likeness (QED) is 0.602. The molecule has 0 saturated heterocycles. The third-order valence-corrected chi connectivity index (χ3v) is 2.55. The number of hydrogen-bond donors (Lipinski definition) is 0. The molecule has 1 aliphatic rings. The van der Waals surface area contributed by atoms with E-state index in [9.17, 15) is 9.59 Å². The third kappa shape index (κ3) is 1.06. The maximum absolute atomic E-state index is 11.3. The van der Waals surface area contributed by atoms with E-state index in [1.54, 1.807) is 12.1 Å². The van der Waals surface area contributed by atoms with Crippen LogP contribution < -0.4 is 5.32 Å². The van der Waals surface area contributed by atoms with E-state index in [1.807, 2.05) is 24.3 Å². The van der Waals surface area contributed by atoms with E-state index in [0.717, 1.165) is 10.8 Å². The van der Waals surface area contributed by atoms with Gasteiger partial charge in [-0.3, -0.25) is 9.59 Å². The van der Waals surface area contributed by atoms with Crippen molar-refractivity contribution in [2.75, 3.05) is 0 Å². The number of rotatable bonds is 0. The summed E-state index contributed by atoms with van der Waals surface area (Å²) in [5.41, 5.74) is 0.831. The predicted molar refractivity (Wildman–Crippen MR) is 54.7 cm³/mol. The molecule has 0 aliphatic carbocycles. The maximum Gasteiger partial charge on any atom is 0.281 e. The Morgan fingerprint density at radius 3 is 1.73 bits per heavy atom. The van der Waals surface area contributed by atoms with Gasteiger partial charge in [-0.2, -0.15) is 5.32 Å². The number of carbonyl (C=O) groups is 2. The zero-order valence-electron chi connectivity index (χ0n) is 7.73. The highest BCUT2D eigenvalue weighted by Crippen LogP contribution is 2.23. The van der Waals surface area contributed by atoms with Gasteiger partial charge in [0.1, 0.15) is 0 Å². The fraction of sp³-hybridized carbons (Fsp3) is 0. The van der Waals surface area contributed by atoms with Crippen LogP contribution in [0.25, 0.3) is 10.8 Å². The molecule has 15 heavy (non-hydrogen) atoms. The summed E-state index contributed by atoms with van der Waals surface area (Å²) >= 11 is 0. The van der Waals surface area contributed by atoms with Crippen molar-refractivity contribution in [3.8, 4) is 0 Å². The highest BCUT2D eigenvalue weighted by Gasteiger charge is 2.28. The van der Waals surface area contributed by atoms with Gasteiger partial charge in [0.25, 0.3) is 11.8 Å². The molecule has 0 atom stereocenters. The molecule has 0 fully saturated rings. The lowest BCUT2D eigenvalue weighted by Gasteiger charge is -1.99. The van der Waals surface area contributed by atoms with Crippen molar-refractivity contribution < 1.29 is 9.59 Å². The summed E-state index contributed by atoms with van der Waals surface area (Å²) in [4.78, 5) is 22.7. The number of hydrogen-bond acceptors (Lipinski definition) is 2. The second-order valence-corrected chi connectivity index (χ2v) is 3.47. The average Bonchev–Trinajstić information content (AvgIpc) is 2.52. The van der Waals surface area contributed by atoms with Gasteiger partial charge in [0.15, 0.2) is 0 Å². The molecule has 3 heteroatoms. The number of imide groups is 1. The minimum Gasteiger partial charge on any atom is -0.267 e. The maximum atomic E-state index is 11.3. The first-order chi connectivity index (χ1) is 7.25. The fourth-order valence-corrected chi connectivity index (χ4v) is 1.81. The standard InChI is InChI=1S/C12H6NO2/c14-11-9-5-7-3-1-2-4-8(7)6-10(9)12(15)13-11/h1-6H. The molecule has 71 valence electrons. The molecule has 2 amide bonds. The van der Waals surface area contributed by atoms with Gasteiger partial charge in [0, 0.05) is 0 Å². The van der Waals surface area contributed by atoms with Gasteiger partial charge in [0.2, 0.25) is 0 Å². The first-order valence-corrected chi connectivity index (χ1v) is 4.59. The van der Waals surface area contributed by atoms with Gasteiger partial charge in [0.05, 0.1) is 11.1 Å². The van der Waals surface area contributed by atoms with E-state index in [4.69, 9.17) is 0 Å². The number of nitrogens with zero attached hydrogens (tertiary/aromatic N) is 1. The molecular weight excluding hydrogens is 190 g/mol. The van der Waals surface area contributed by atoms with E-state index < -0.39 is 11.8 Å². The second kappa shape index (κ2) is 2.67. The Morgan fingerprint density at radius 1 is 0.800 bits per heavy atom. The summed E-state index contributed by atoms with van der Waals surface area (Å²) in [5.74, 6) is -0.860. The van der Waals surface area contributed by atoms with Crippen molar-refractivity contribution in [2.45, 2.75) is 0 Å². The summed E-state index contributed by atoms with van der Waals surface area (Å²) in [5, 5.41) is 5.31. The normalized spacial score (nSPS) is 14.1. The van der Waals surface area contributed by atoms with Crippen LogP contribution in [0.15, 0.2) is 36.4 Å². The zero-order valence-corrected chi connectivity index (χ0v) is 7.73. The molecule has 0 N–H and O–H groups in total. The van der Waals surface area contributed by atoms with Crippen LogP contribution in [0.2, 0.25) is 0 Å². The van der Waals surface area contributed by atoms with Crippen LogP contribution in [0.1, 0.15) is 20.7 Å². The molecule has 3 nitrogen and oxygen atoms in total. The Kier molecular flexibility index (Phi) is 1.45. The Bertz CT molecular complexity index is 549. The summed E-state index contributed by atoms with van der Waals surface area (Å²) in [7, 11) is 0. The Hall–Kier alpha value is -2.16. The molecular formula is C12H6NO2. The van der Waals surface area contributed by atoms with Crippen LogP contribution in [-0.2, 0) is 0 Å². The van der Waals surface area contributed by atoms with Gasteiger partial charge >= 0.3 is 0 Å². The SMILES string of the molecule is O=C1[N]C(=O)c2cc3ccccc3cc21. The summed E-state index contributed by atoms with van der Waals surface area (Å²) < 4.78 is 0. The monoisotopic (exact) mass is 196 g/mol. The van der Waals surface area contributed by atoms with Crippen LogP contribution >= 0.6 is 0 Å². The van der Waals surface area contributed by atoms with Crippen molar-refractivity contribution in [3.63, 3.8) is 0 Å². The largest absolute Gasteiger partial charge is 0.281 e. The second-order valence-electron chi connectivity index (χ2n) is 3.47. The minimum absolute atomic E-state index is 0.415. The number of fused-ring (bicyclic) bond motifs is 2. The van der Waals surface area contributed by atoms with E-state index >= 15 is 0 Å². The number of benzene rings is 2. The van der Waals surface area contributed by atoms with Gasteiger partial charge in [-0.05, 0) is 22.9 Å². The average molecular weight is 196 g/mol. The lowest BCUT2D eigenvalue weighted by molar-refractivity contribution is 0.0873. The van der Waals surface area contributed by atoms with Gasteiger partial charge in [-0.15, -0.1) is 0 Å². The van der Waals surface area contributed by atoms with Crippen LogP contribution in [0, 0.1) is 0 Å². The van der Waals surface area contributed by atoms with Crippen molar-refractivity contribution in [3.05, 3.63) is 47.5 Å². The number of carbonyl (C=O) groups excluding carboxylic acids is 2. The molecule has 0 bridgehead atoms. The fourth-order valence-electron chi connectivity index (χ4n) is 1.81. The first-order valence-electron chi connectivity index (χ1n) is 4.59. The van der Waals surface area contributed by atoms with Gasteiger partial charge in [-0.25, -0.2) is 0 Å².